The van der Waals surface area contributed by atoms with Crippen LogP contribution < -0.4 is 11.1 Å². The summed E-state index contributed by atoms with van der Waals surface area (Å²) in [6.07, 6.45) is 2.94. The van der Waals surface area contributed by atoms with Gasteiger partial charge in [0.15, 0.2) is 0 Å². The van der Waals surface area contributed by atoms with Gasteiger partial charge in [0.05, 0.1) is 17.1 Å². The standard InChI is InChI=1S/C13H17ClN4/c1-3-12-9(8-18(2)17-12)7-16-13-6-10(14)4-5-11(13)15/h4-6,8,16H,3,7,15H2,1-2H3. The average Bonchev–Trinajstić information content (AvgIpc) is 2.71. The molecule has 1 aromatic heterocycles. The number of rotatable bonds is 4. The molecule has 0 saturated heterocycles. The molecular formula is C13H17ClN4. The van der Waals surface area contributed by atoms with E-state index in [0.717, 1.165) is 17.8 Å². The van der Waals surface area contributed by atoms with E-state index in [1.807, 2.05) is 24.0 Å². The maximum Gasteiger partial charge on any atom is 0.0671 e. The summed E-state index contributed by atoms with van der Waals surface area (Å²) in [5, 5.41) is 8.37. The number of nitrogens with zero attached hydrogens (tertiary/aromatic N) is 2. The van der Waals surface area contributed by atoms with Crippen molar-refractivity contribution in [3.63, 3.8) is 0 Å². The summed E-state index contributed by atoms with van der Waals surface area (Å²) in [5.74, 6) is 0. The van der Waals surface area contributed by atoms with Gasteiger partial charge in [-0.05, 0) is 24.6 Å². The number of nitrogens with two attached hydrogens (primary N) is 1. The van der Waals surface area contributed by atoms with Crippen molar-refractivity contribution in [2.75, 3.05) is 11.1 Å². The van der Waals surface area contributed by atoms with Crippen LogP contribution in [0.5, 0.6) is 0 Å². The highest BCUT2D eigenvalue weighted by molar-refractivity contribution is 6.31. The molecule has 0 saturated carbocycles. The van der Waals surface area contributed by atoms with E-state index in [4.69, 9.17) is 17.3 Å². The second-order valence-corrected chi connectivity index (χ2v) is 4.65. The van der Waals surface area contributed by atoms with Gasteiger partial charge in [-0.3, -0.25) is 4.68 Å². The lowest BCUT2D eigenvalue weighted by molar-refractivity contribution is 0.746. The normalized spacial score (nSPS) is 10.6. The topological polar surface area (TPSA) is 55.9 Å². The van der Waals surface area contributed by atoms with Crippen LogP contribution in [0.4, 0.5) is 11.4 Å². The van der Waals surface area contributed by atoms with Gasteiger partial charge in [-0.1, -0.05) is 18.5 Å². The van der Waals surface area contributed by atoms with Crippen LogP contribution in [0.3, 0.4) is 0 Å². The Kier molecular flexibility index (Phi) is 3.77. The largest absolute Gasteiger partial charge is 0.397 e. The zero-order valence-corrected chi connectivity index (χ0v) is 11.3. The van der Waals surface area contributed by atoms with Crippen LogP contribution >= 0.6 is 11.6 Å². The molecule has 18 heavy (non-hydrogen) atoms. The minimum Gasteiger partial charge on any atom is -0.397 e. The highest BCUT2D eigenvalue weighted by atomic mass is 35.5. The van der Waals surface area contributed by atoms with Crippen molar-refractivity contribution >= 4 is 23.0 Å². The number of anilines is 2. The molecule has 5 heteroatoms. The molecule has 96 valence electrons. The average molecular weight is 265 g/mol. The van der Waals surface area contributed by atoms with Crippen LogP contribution in [0.2, 0.25) is 5.02 Å². The number of aromatic nitrogens is 2. The summed E-state index contributed by atoms with van der Waals surface area (Å²) in [5.41, 5.74) is 9.72. The predicted molar refractivity (Wildman–Crippen MR) is 75.8 cm³/mol. The van der Waals surface area contributed by atoms with Gasteiger partial charge in [0.25, 0.3) is 0 Å². The van der Waals surface area contributed by atoms with Crippen LogP contribution in [0.15, 0.2) is 24.4 Å². The fourth-order valence-corrected chi connectivity index (χ4v) is 2.07. The predicted octanol–water partition coefficient (Wildman–Crippen LogP) is 2.83. The Hall–Kier alpha value is -1.68. The first-order valence-electron chi connectivity index (χ1n) is 5.90. The third-order valence-electron chi connectivity index (χ3n) is 2.81. The van der Waals surface area contributed by atoms with Gasteiger partial charge >= 0.3 is 0 Å². The summed E-state index contributed by atoms with van der Waals surface area (Å²) < 4.78 is 1.83. The smallest absolute Gasteiger partial charge is 0.0671 e. The monoisotopic (exact) mass is 264 g/mol. The summed E-state index contributed by atoms with van der Waals surface area (Å²) in [6.45, 7) is 2.79. The Morgan fingerprint density at radius 3 is 2.94 bits per heavy atom. The van der Waals surface area contributed by atoms with Crippen LogP contribution in [-0.4, -0.2) is 9.78 Å². The number of hydrogen-bond acceptors (Lipinski definition) is 3. The zero-order chi connectivity index (χ0) is 13.1. The lowest BCUT2D eigenvalue weighted by Gasteiger charge is -2.09. The number of benzene rings is 1. The Balaban J connectivity index is 2.13. The molecule has 0 aliphatic heterocycles. The van der Waals surface area contributed by atoms with Gasteiger partial charge in [0, 0.05) is 30.4 Å². The molecule has 1 heterocycles. The first-order valence-corrected chi connectivity index (χ1v) is 6.28. The van der Waals surface area contributed by atoms with Crippen molar-refractivity contribution in [1.29, 1.82) is 0 Å². The van der Waals surface area contributed by atoms with Crippen molar-refractivity contribution in [3.05, 3.63) is 40.7 Å². The van der Waals surface area contributed by atoms with E-state index in [9.17, 15) is 0 Å². The molecule has 0 aliphatic carbocycles. The third kappa shape index (κ3) is 2.76. The molecule has 0 aliphatic rings. The second kappa shape index (κ2) is 5.31. The van der Waals surface area contributed by atoms with Crippen molar-refractivity contribution < 1.29 is 0 Å². The van der Waals surface area contributed by atoms with Crippen molar-refractivity contribution in [2.45, 2.75) is 19.9 Å². The van der Waals surface area contributed by atoms with E-state index in [-0.39, 0.29) is 0 Å². The van der Waals surface area contributed by atoms with Gasteiger partial charge < -0.3 is 11.1 Å². The molecule has 0 unspecified atom stereocenters. The second-order valence-electron chi connectivity index (χ2n) is 4.21. The minimum atomic E-state index is 0.675. The van der Waals surface area contributed by atoms with Crippen molar-refractivity contribution in [1.82, 2.24) is 9.78 Å². The Morgan fingerprint density at radius 2 is 2.22 bits per heavy atom. The highest BCUT2D eigenvalue weighted by Gasteiger charge is 2.06. The Morgan fingerprint density at radius 1 is 1.44 bits per heavy atom. The maximum atomic E-state index is 5.95. The molecular weight excluding hydrogens is 248 g/mol. The van der Waals surface area contributed by atoms with Crippen LogP contribution in [0.1, 0.15) is 18.2 Å². The molecule has 3 N–H and O–H groups in total. The number of halogens is 1. The molecule has 0 radical (unpaired) electrons. The molecule has 0 bridgehead atoms. The van der Waals surface area contributed by atoms with Crippen LogP contribution in [0, 0.1) is 0 Å². The summed E-state index contributed by atoms with van der Waals surface area (Å²) in [4.78, 5) is 0. The lowest BCUT2D eigenvalue weighted by Crippen LogP contribution is -2.03. The SMILES string of the molecule is CCc1nn(C)cc1CNc1cc(Cl)ccc1N. The molecule has 0 amide bonds. The number of nitrogens with one attached hydrogen (secondary N) is 1. The van der Waals surface area contributed by atoms with E-state index in [0.29, 0.717) is 17.3 Å². The van der Waals surface area contributed by atoms with E-state index < -0.39 is 0 Å². The molecule has 4 nitrogen and oxygen atoms in total. The number of aryl methyl sites for hydroxylation is 2. The zero-order valence-electron chi connectivity index (χ0n) is 10.6. The van der Waals surface area contributed by atoms with Crippen LogP contribution in [0.25, 0.3) is 0 Å². The molecule has 1 aromatic carbocycles. The van der Waals surface area contributed by atoms with Gasteiger partial charge in [-0.25, -0.2) is 0 Å². The summed E-state index contributed by atoms with van der Waals surface area (Å²) in [6, 6.07) is 5.41. The quantitative estimate of drug-likeness (QED) is 0.835. The molecule has 0 atom stereocenters. The van der Waals surface area contributed by atoms with E-state index in [1.54, 1.807) is 12.1 Å². The van der Waals surface area contributed by atoms with E-state index >= 15 is 0 Å². The van der Waals surface area contributed by atoms with Crippen molar-refractivity contribution in [2.24, 2.45) is 7.05 Å². The van der Waals surface area contributed by atoms with Gasteiger partial charge in [-0.15, -0.1) is 0 Å². The molecule has 2 rings (SSSR count). The number of nitrogen functional groups attached to an aromatic ring is 1. The first kappa shape index (κ1) is 12.8. The van der Waals surface area contributed by atoms with E-state index in [1.165, 1.54) is 5.56 Å². The van der Waals surface area contributed by atoms with E-state index in [2.05, 4.69) is 17.3 Å². The first-order chi connectivity index (χ1) is 8.60. The van der Waals surface area contributed by atoms with Gasteiger partial charge in [0.2, 0.25) is 0 Å². The fraction of sp³-hybridized carbons (Fsp3) is 0.308. The van der Waals surface area contributed by atoms with Crippen LogP contribution in [-0.2, 0) is 20.0 Å². The Labute approximate surface area is 112 Å². The molecule has 2 aromatic rings. The summed E-state index contributed by atoms with van der Waals surface area (Å²) >= 11 is 5.95. The molecule has 0 fully saturated rings. The number of hydrogen-bond donors (Lipinski definition) is 2. The van der Waals surface area contributed by atoms with Crippen molar-refractivity contribution in [3.8, 4) is 0 Å². The fourth-order valence-electron chi connectivity index (χ4n) is 1.90. The van der Waals surface area contributed by atoms with Gasteiger partial charge in [0.1, 0.15) is 0 Å². The minimum absolute atomic E-state index is 0.675. The Bertz CT molecular complexity index is 548. The third-order valence-corrected chi connectivity index (χ3v) is 3.05. The lowest BCUT2D eigenvalue weighted by atomic mass is 10.2. The highest BCUT2D eigenvalue weighted by Crippen LogP contribution is 2.23. The van der Waals surface area contributed by atoms with Gasteiger partial charge in [-0.2, -0.15) is 5.10 Å². The maximum absolute atomic E-state index is 5.95. The molecule has 0 spiro atoms. The summed E-state index contributed by atoms with van der Waals surface area (Å²) in [7, 11) is 1.93.